The van der Waals surface area contributed by atoms with Crippen LogP contribution in [0, 0.1) is 5.82 Å². The highest BCUT2D eigenvalue weighted by Crippen LogP contribution is 2.08. The predicted molar refractivity (Wildman–Crippen MR) is 82.7 cm³/mol. The summed E-state index contributed by atoms with van der Waals surface area (Å²) in [5.41, 5.74) is 0.584. The Bertz CT molecular complexity index is 622. The van der Waals surface area contributed by atoms with Gasteiger partial charge in [0.05, 0.1) is 26.2 Å². The van der Waals surface area contributed by atoms with E-state index in [9.17, 15) is 9.18 Å². The number of Topliss-reactive ketones (excluding diaryl/α,β-unsaturated/α-hetero) is 1. The van der Waals surface area contributed by atoms with Crippen LogP contribution in [-0.2, 0) is 0 Å². The predicted octanol–water partition coefficient (Wildman–Crippen LogP) is 0.808. The Hall–Kier alpha value is -2.27. The summed E-state index contributed by atoms with van der Waals surface area (Å²) in [6, 6.07) is 11.7. The van der Waals surface area contributed by atoms with Crippen molar-refractivity contribution in [3.05, 3.63) is 60.0 Å². The van der Waals surface area contributed by atoms with Crippen LogP contribution in [0.5, 0.6) is 0 Å². The normalized spacial score (nSPS) is 15.8. The highest BCUT2D eigenvalue weighted by molar-refractivity contribution is 5.96. The molecule has 0 unspecified atom stereocenters. The molecule has 0 atom stereocenters. The van der Waals surface area contributed by atoms with Gasteiger partial charge in [0.25, 0.3) is 0 Å². The molecule has 0 bridgehead atoms. The van der Waals surface area contributed by atoms with Crippen molar-refractivity contribution >= 4 is 11.6 Å². The Morgan fingerprint density at radius 2 is 1.86 bits per heavy atom. The maximum Gasteiger partial charge on any atom is 0.216 e. The van der Waals surface area contributed by atoms with Gasteiger partial charge in [-0.15, -0.1) is 0 Å². The fourth-order valence-corrected chi connectivity index (χ4v) is 2.73. The third kappa shape index (κ3) is 3.49. The minimum Gasteiger partial charge on any atom is -0.345 e. The molecule has 1 aliphatic rings. The van der Waals surface area contributed by atoms with E-state index in [1.807, 2.05) is 18.2 Å². The van der Waals surface area contributed by atoms with E-state index in [1.165, 1.54) is 17.0 Å². The zero-order valence-corrected chi connectivity index (χ0v) is 12.3. The summed E-state index contributed by atoms with van der Waals surface area (Å²) in [5.74, 6) is 0.751. The summed E-state index contributed by atoms with van der Waals surface area (Å²) >= 11 is 0. The van der Waals surface area contributed by atoms with Gasteiger partial charge >= 0.3 is 0 Å². The number of anilines is 1. The van der Waals surface area contributed by atoms with Crippen LogP contribution in [0.4, 0.5) is 10.2 Å². The zero-order chi connectivity index (χ0) is 15.4. The summed E-state index contributed by atoms with van der Waals surface area (Å²) in [6.07, 6.45) is 1.80. The summed E-state index contributed by atoms with van der Waals surface area (Å²) < 4.78 is 12.9. The Morgan fingerprint density at radius 1 is 1.14 bits per heavy atom. The van der Waals surface area contributed by atoms with Crippen LogP contribution in [-0.4, -0.2) is 43.5 Å². The van der Waals surface area contributed by atoms with Crippen molar-refractivity contribution < 1.29 is 14.1 Å². The first-order chi connectivity index (χ1) is 10.7. The second kappa shape index (κ2) is 6.66. The van der Waals surface area contributed by atoms with Gasteiger partial charge in [0.2, 0.25) is 5.78 Å². The van der Waals surface area contributed by atoms with Gasteiger partial charge in [-0.05, 0) is 36.4 Å². The lowest BCUT2D eigenvalue weighted by Gasteiger charge is -2.32. The third-order valence-electron chi connectivity index (χ3n) is 4.02. The van der Waals surface area contributed by atoms with Gasteiger partial charge in [0.15, 0.2) is 0 Å². The molecule has 114 valence electrons. The number of halogens is 1. The summed E-state index contributed by atoms with van der Waals surface area (Å²) in [7, 11) is 0. The largest absolute Gasteiger partial charge is 0.345 e. The molecule has 0 amide bonds. The lowest BCUT2D eigenvalue weighted by atomic mass is 10.1. The topological polar surface area (TPSA) is 37.6 Å². The standard InChI is InChI=1S/C17H18FN3O/c18-15-6-4-14(5-7-15)16(22)13-20-9-11-21(12-10-20)17-3-1-2-8-19-17/h1-8H,9-13H2/p+1. The second-order valence-electron chi connectivity index (χ2n) is 5.53. The molecule has 2 aromatic rings. The smallest absolute Gasteiger partial charge is 0.216 e. The van der Waals surface area contributed by atoms with Crippen LogP contribution in [0.1, 0.15) is 10.4 Å². The van der Waals surface area contributed by atoms with Crippen LogP contribution < -0.4 is 9.80 Å². The van der Waals surface area contributed by atoms with E-state index in [-0.39, 0.29) is 11.6 Å². The Kier molecular flexibility index (Phi) is 4.44. The first-order valence-electron chi connectivity index (χ1n) is 7.51. The number of quaternary nitrogens is 1. The maximum absolute atomic E-state index is 12.9. The molecule has 0 radical (unpaired) electrons. The number of pyridine rings is 1. The van der Waals surface area contributed by atoms with E-state index in [4.69, 9.17) is 0 Å². The quantitative estimate of drug-likeness (QED) is 0.849. The van der Waals surface area contributed by atoms with Gasteiger partial charge in [-0.25, -0.2) is 9.37 Å². The molecule has 1 aliphatic heterocycles. The van der Waals surface area contributed by atoms with Gasteiger partial charge < -0.3 is 9.80 Å². The van der Waals surface area contributed by atoms with Crippen LogP contribution in [0.25, 0.3) is 0 Å². The molecule has 2 heterocycles. The molecule has 1 saturated heterocycles. The highest BCUT2D eigenvalue weighted by Gasteiger charge is 2.23. The van der Waals surface area contributed by atoms with Crippen LogP contribution in [0.3, 0.4) is 0 Å². The first kappa shape index (κ1) is 14.7. The molecular weight excluding hydrogens is 281 g/mol. The highest BCUT2D eigenvalue weighted by atomic mass is 19.1. The van der Waals surface area contributed by atoms with E-state index in [0.29, 0.717) is 12.1 Å². The molecule has 3 rings (SSSR count). The van der Waals surface area contributed by atoms with Crippen molar-refractivity contribution in [1.29, 1.82) is 0 Å². The minimum atomic E-state index is -0.312. The number of hydrogen-bond donors (Lipinski definition) is 1. The van der Waals surface area contributed by atoms with E-state index in [2.05, 4.69) is 9.88 Å². The summed E-state index contributed by atoms with van der Waals surface area (Å²) in [4.78, 5) is 20.1. The third-order valence-corrected chi connectivity index (χ3v) is 4.02. The fourth-order valence-electron chi connectivity index (χ4n) is 2.73. The average molecular weight is 300 g/mol. The molecule has 1 fully saturated rings. The number of nitrogens with one attached hydrogen (secondary N) is 1. The first-order valence-corrected chi connectivity index (χ1v) is 7.51. The van der Waals surface area contributed by atoms with Gasteiger partial charge in [-0.3, -0.25) is 4.79 Å². The van der Waals surface area contributed by atoms with E-state index >= 15 is 0 Å². The molecule has 0 saturated carbocycles. The van der Waals surface area contributed by atoms with Crippen LogP contribution >= 0.6 is 0 Å². The van der Waals surface area contributed by atoms with Gasteiger partial charge in [0, 0.05) is 11.8 Å². The number of ketones is 1. The lowest BCUT2D eigenvalue weighted by molar-refractivity contribution is -0.892. The van der Waals surface area contributed by atoms with Crippen molar-refractivity contribution in [1.82, 2.24) is 4.98 Å². The van der Waals surface area contributed by atoms with Gasteiger partial charge in [-0.2, -0.15) is 0 Å². The number of piperazine rings is 1. The maximum atomic E-state index is 12.9. The molecule has 1 N–H and O–H groups in total. The van der Waals surface area contributed by atoms with E-state index in [0.717, 1.165) is 32.0 Å². The SMILES string of the molecule is O=C(C[NH+]1CCN(c2ccccn2)CC1)c1ccc(F)cc1. The molecular formula is C17H19FN3O+. The van der Waals surface area contributed by atoms with Crippen molar-refractivity contribution in [2.75, 3.05) is 37.6 Å². The molecule has 5 heteroatoms. The Balaban J connectivity index is 1.53. The monoisotopic (exact) mass is 300 g/mol. The molecule has 0 spiro atoms. The molecule has 0 aliphatic carbocycles. The fraction of sp³-hybridized carbons (Fsp3) is 0.294. The van der Waals surface area contributed by atoms with Crippen molar-refractivity contribution in [2.24, 2.45) is 0 Å². The van der Waals surface area contributed by atoms with E-state index < -0.39 is 0 Å². The molecule has 1 aromatic heterocycles. The molecule has 4 nitrogen and oxygen atoms in total. The van der Waals surface area contributed by atoms with Gasteiger partial charge in [-0.1, -0.05) is 6.07 Å². The number of nitrogens with zero attached hydrogens (tertiary/aromatic N) is 2. The van der Waals surface area contributed by atoms with Crippen molar-refractivity contribution in [3.8, 4) is 0 Å². The Morgan fingerprint density at radius 3 is 2.50 bits per heavy atom. The lowest BCUT2D eigenvalue weighted by Crippen LogP contribution is -3.15. The minimum absolute atomic E-state index is 0.0706. The number of carbonyl (C=O) groups excluding carboxylic acids is 1. The van der Waals surface area contributed by atoms with E-state index in [1.54, 1.807) is 18.3 Å². The molecule has 1 aromatic carbocycles. The molecule has 22 heavy (non-hydrogen) atoms. The van der Waals surface area contributed by atoms with Crippen molar-refractivity contribution in [2.45, 2.75) is 0 Å². The average Bonchev–Trinajstić information content (AvgIpc) is 2.57. The number of rotatable bonds is 4. The van der Waals surface area contributed by atoms with Crippen LogP contribution in [0.15, 0.2) is 48.7 Å². The van der Waals surface area contributed by atoms with Crippen molar-refractivity contribution in [3.63, 3.8) is 0 Å². The number of aromatic nitrogens is 1. The summed E-state index contributed by atoms with van der Waals surface area (Å²) in [5, 5.41) is 0. The Labute approximate surface area is 129 Å². The number of benzene rings is 1. The van der Waals surface area contributed by atoms with Gasteiger partial charge in [0.1, 0.15) is 18.2 Å². The zero-order valence-electron chi connectivity index (χ0n) is 12.3. The second-order valence-corrected chi connectivity index (χ2v) is 5.53. The number of carbonyl (C=O) groups is 1. The number of hydrogen-bond acceptors (Lipinski definition) is 3. The summed E-state index contributed by atoms with van der Waals surface area (Å²) in [6.45, 7) is 4.06. The van der Waals surface area contributed by atoms with Crippen LogP contribution in [0.2, 0.25) is 0 Å².